The maximum Gasteiger partial charge on any atom is 0.405 e. The highest BCUT2D eigenvalue weighted by Crippen LogP contribution is 2.58. The van der Waals surface area contributed by atoms with Crippen molar-refractivity contribution in [1.82, 2.24) is 10.6 Å². The minimum Gasteiger partial charge on any atom is -0.507 e. The molecule has 1 unspecified atom stereocenters. The molecule has 1 atom stereocenters. The van der Waals surface area contributed by atoms with E-state index in [2.05, 4.69) is 10.6 Å². The lowest BCUT2D eigenvalue weighted by Crippen LogP contribution is -2.57. The van der Waals surface area contributed by atoms with E-state index in [9.17, 15) is 30.0 Å². The minimum atomic E-state index is -1.60. The normalized spacial score (nSPS) is 12.5. The zero-order valence-electron chi connectivity index (χ0n) is 33.2. The highest BCUT2D eigenvalue weighted by Gasteiger charge is 2.52. The van der Waals surface area contributed by atoms with Crippen LogP contribution in [-0.2, 0) is 5.54 Å². The van der Waals surface area contributed by atoms with Gasteiger partial charge in [0, 0.05) is 17.7 Å². The van der Waals surface area contributed by atoms with Crippen molar-refractivity contribution in [3.05, 3.63) is 157 Å². The third-order valence-electron chi connectivity index (χ3n) is 12.1. The molecule has 8 heteroatoms. The van der Waals surface area contributed by atoms with Gasteiger partial charge >= 0.3 is 12.2 Å². The van der Waals surface area contributed by atoms with Crippen molar-refractivity contribution >= 4 is 55.3 Å². The summed E-state index contributed by atoms with van der Waals surface area (Å²) in [5, 5.41) is 57.3. The first-order chi connectivity index (χ1) is 28.4. The maximum atomic E-state index is 13.8. The van der Waals surface area contributed by atoms with Crippen molar-refractivity contribution in [3.63, 3.8) is 0 Å². The number of carboxylic acid groups (broad SMARTS) is 2. The van der Waals surface area contributed by atoms with Gasteiger partial charge in [0.1, 0.15) is 17.0 Å². The number of rotatable bonds is 11. The number of phenols is 2. The van der Waals surface area contributed by atoms with Crippen LogP contribution >= 0.6 is 0 Å². The molecule has 0 fully saturated rings. The summed E-state index contributed by atoms with van der Waals surface area (Å²) in [6.45, 7) is 6.37. The number of aromatic hydroxyl groups is 2. The van der Waals surface area contributed by atoms with Gasteiger partial charge in [-0.25, -0.2) is 9.59 Å². The Kier molecular flexibility index (Phi) is 10.1. The number of hydrogen-bond donors (Lipinski definition) is 6. The third kappa shape index (κ3) is 6.80. The fourth-order valence-electron chi connectivity index (χ4n) is 9.64. The first kappa shape index (κ1) is 38.8. The van der Waals surface area contributed by atoms with Crippen LogP contribution in [0.15, 0.2) is 146 Å². The first-order valence-electron chi connectivity index (χ1n) is 19.9. The standard InChI is InChI=1S/C51H46N2O6/c1-31(28-29-52-48(56)57)30-50(2,3)51(53-49(58)59,40-24-20-32-12-4-8-16-36(32)44(40)46-38-18-10-6-14-34(38)22-26-42(46)54)41-25-21-33-13-5-9-17-37(33)45(41)47-39-19-11-7-15-35(39)23-27-43(47)55/h4-27,31,52-55H,28-30H2,1-3H3,(H,56,57)(H,58,59). The van der Waals surface area contributed by atoms with E-state index in [1.54, 1.807) is 12.1 Å². The van der Waals surface area contributed by atoms with E-state index in [-0.39, 0.29) is 24.0 Å². The summed E-state index contributed by atoms with van der Waals surface area (Å²) in [6.07, 6.45) is -1.43. The van der Waals surface area contributed by atoms with Gasteiger partial charge in [0.05, 0.1) is 0 Å². The minimum absolute atomic E-state index is 0.0434. The summed E-state index contributed by atoms with van der Waals surface area (Å²) in [7, 11) is 0. The zero-order valence-corrected chi connectivity index (χ0v) is 33.2. The SMILES string of the molecule is CC(CCNC(=O)O)CC(C)(C)C(NC(=O)O)(c1ccc2ccccc2c1-c1c(O)ccc2ccccc12)c1ccc2ccccc2c1-c1c(O)ccc2ccccc12. The summed E-state index contributed by atoms with van der Waals surface area (Å²) in [6, 6.07) is 46.6. The van der Waals surface area contributed by atoms with Gasteiger partial charge in [-0.3, -0.25) is 0 Å². The summed E-state index contributed by atoms with van der Waals surface area (Å²) in [5.74, 6) is 0.000286. The summed E-state index contributed by atoms with van der Waals surface area (Å²) >= 11 is 0. The highest BCUT2D eigenvalue weighted by atomic mass is 16.4. The Morgan fingerprint density at radius 1 is 0.525 bits per heavy atom. The second kappa shape index (κ2) is 15.4. The van der Waals surface area contributed by atoms with E-state index in [4.69, 9.17) is 0 Å². The van der Waals surface area contributed by atoms with Crippen LogP contribution in [0.1, 0.15) is 44.7 Å². The number of amides is 2. The second-order valence-electron chi connectivity index (χ2n) is 16.2. The van der Waals surface area contributed by atoms with E-state index < -0.39 is 23.1 Å². The second-order valence-corrected chi connectivity index (χ2v) is 16.2. The number of phenolic OH excluding ortho intramolecular Hbond substituents is 2. The molecule has 0 saturated carbocycles. The van der Waals surface area contributed by atoms with Crippen LogP contribution in [0, 0.1) is 11.3 Å². The third-order valence-corrected chi connectivity index (χ3v) is 12.1. The van der Waals surface area contributed by atoms with E-state index in [0.717, 1.165) is 43.1 Å². The van der Waals surface area contributed by atoms with E-state index in [1.165, 1.54) is 0 Å². The van der Waals surface area contributed by atoms with Gasteiger partial charge in [-0.1, -0.05) is 154 Å². The lowest BCUT2D eigenvalue weighted by Gasteiger charge is -2.50. The summed E-state index contributed by atoms with van der Waals surface area (Å²) in [5.41, 5.74) is 1.11. The fraction of sp³-hybridized carbons (Fsp3) is 0.176. The van der Waals surface area contributed by atoms with Crippen LogP contribution in [0.3, 0.4) is 0 Å². The first-order valence-corrected chi connectivity index (χ1v) is 19.9. The molecule has 2 amide bonds. The monoisotopic (exact) mass is 782 g/mol. The molecule has 0 bridgehead atoms. The zero-order chi connectivity index (χ0) is 41.5. The molecule has 0 aromatic heterocycles. The molecular formula is C51H46N2O6. The maximum absolute atomic E-state index is 13.8. The number of hydrogen-bond acceptors (Lipinski definition) is 4. The molecule has 59 heavy (non-hydrogen) atoms. The molecule has 6 N–H and O–H groups in total. The van der Waals surface area contributed by atoms with Crippen molar-refractivity contribution in [2.45, 2.75) is 39.2 Å². The van der Waals surface area contributed by atoms with Crippen molar-refractivity contribution < 1.29 is 30.0 Å². The fourth-order valence-corrected chi connectivity index (χ4v) is 9.64. The smallest absolute Gasteiger partial charge is 0.405 e. The van der Waals surface area contributed by atoms with Crippen molar-refractivity contribution in [2.24, 2.45) is 11.3 Å². The molecule has 8 nitrogen and oxygen atoms in total. The van der Waals surface area contributed by atoms with Crippen LogP contribution in [-0.4, -0.2) is 39.2 Å². The molecule has 0 spiro atoms. The van der Waals surface area contributed by atoms with Crippen molar-refractivity contribution in [3.8, 4) is 33.8 Å². The quantitative estimate of drug-likeness (QED) is 0.0772. The van der Waals surface area contributed by atoms with Crippen molar-refractivity contribution in [1.29, 1.82) is 0 Å². The summed E-state index contributed by atoms with van der Waals surface area (Å²) < 4.78 is 0. The summed E-state index contributed by atoms with van der Waals surface area (Å²) in [4.78, 5) is 25.3. The van der Waals surface area contributed by atoms with E-state index in [0.29, 0.717) is 46.2 Å². The molecule has 0 radical (unpaired) electrons. The van der Waals surface area contributed by atoms with Gasteiger partial charge in [-0.2, -0.15) is 0 Å². The largest absolute Gasteiger partial charge is 0.507 e. The average Bonchev–Trinajstić information content (AvgIpc) is 3.22. The molecule has 8 aromatic rings. The number of carbonyl (C=O) groups is 2. The molecule has 8 rings (SSSR count). The Morgan fingerprint density at radius 3 is 1.29 bits per heavy atom. The van der Waals surface area contributed by atoms with Gasteiger partial charge < -0.3 is 31.1 Å². The van der Waals surface area contributed by atoms with Gasteiger partial charge in [0.25, 0.3) is 0 Å². The molecule has 0 saturated heterocycles. The Bertz CT molecular complexity index is 2750. The molecular weight excluding hydrogens is 737 g/mol. The van der Waals surface area contributed by atoms with Crippen LogP contribution in [0.25, 0.3) is 65.3 Å². The lowest BCUT2D eigenvalue weighted by molar-refractivity contribution is 0.109. The predicted molar refractivity (Wildman–Crippen MR) is 237 cm³/mol. The molecule has 296 valence electrons. The van der Waals surface area contributed by atoms with E-state index >= 15 is 0 Å². The van der Waals surface area contributed by atoms with Crippen LogP contribution in [0.4, 0.5) is 9.59 Å². The van der Waals surface area contributed by atoms with Gasteiger partial charge in [0.2, 0.25) is 0 Å². The predicted octanol–water partition coefficient (Wildman–Crippen LogP) is 12.3. The number of benzene rings is 8. The van der Waals surface area contributed by atoms with Gasteiger partial charge in [0.15, 0.2) is 0 Å². The van der Waals surface area contributed by atoms with Crippen LogP contribution in [0.2, 0.25) is 0 Å². The molecule has 0 heterocycles. The van der Waals surface area contributed by atoms with Gasteiger partial charge in [-0.15, -0.1) is 0 Å². The number of fused-ring (bicyclic) bond motifs is 4. The molecule has 0 aliphatic rings. The Hall–Kier alpha value is -7.06. The molecule has 8 aromatic carbocycles. The topological polar surface area (TPSA) is 139 Å². The van der Waals surface area contributed by atoms with Crippen molar-refractivity contribution in [2.75, 3.05) is 6.54 Å². The van der Waals surface area contributed by atoms with Gasteiger partial charge in [-0.05, 0) is 102 Å². The van der Waals surface area contributed by atoms with Crippen LogP contribution < -0.4 is 10.6 Å². The molecule has 0 aliphatic carbocycles. The van der Waals surface area contributed by atoms with Crippen LogP contribution in [0.5, 0.6) is 11.5 Å². The highest BCUT2D eigenvalue weighted by molar-refractivity contribution is 6.12. The molecule has 0 aliphatic heterocycles. The lowest BCUT2D eigenvalue weighted by atomic mass is 9.58. The Morgan fingerprint density at radius 2 is 0.898 bits per heavy atom. The average molecular weight is 783 g/mol. The number of nitrogens with one attached hydrogen (secondary N) is 2. The Balaban J connectivity index is 1.59. The Labute approximate surface area is 342 Å². The van der Waals surface area contributed by atoms with E-state index in [1.807, 2.05) is 154 Å².